The number of hydrogen-bond acceptors (Lipinski definition) is 5. The molecule has 0 radical (unpaired) electrons. The van der Waals surface area contributed by atoms with Gasteiger partial charge in [0.15, 0.2) is 5.60 Å². The van der Waals surface area contributed by atoms with Gasteiger partial charge in [-0.3, -0.25) is 9.79 Å². The van der Waals surface area contributed by atoms with Crippen LogP contribution in [0, 0.1) is 0 Å². The molecule has 0 bridgehead atoms. The third-order valence-corrected chi connectivity index (χ3v) is 2.19. The Hall–Kier alpha value is 0.540. The Morgan fingerprint density at radius 1 is 1.44 bits per heavy atom. The van der Waals surface area contributed by atoms with Crippen molar-refractivity contribution in [3.05, 3.63) is 0 Å². The first-order valence-corrected chi connectivity index (χ1v) is 5.91. The summed E-state index contributed by atoms with van der Waals surface area (Å²) in [5.74, 6) is -1.51. The number of phosphoric ester groups is 1. The van der Waals surface area contributed by atoms with Gasteiger partial charge < -0.3 is 14.7 Å². The standard InChI is InChI=1S/C7H15O7P.Na.H/c1-2-3-4-7(10,5-8)6(9)14-15(11,12)13;;/h8,10H,2-5H2,1H3,(H2,11,12,13);;. The number of phosphoric acid groups is 1. The monoisotopic (exact) mass is 266 g/mol. The second-order valence-electron chi connectivity index (χ2n) is 3.16. The van der Waals surface area contributed by atoms with E-state index in [1.54, 1.807) is 6.92 Å². The molecule has 0 rings (SSSR count). The molecule has 0 aromatic carbocycles. The van der Waals surface area contributed by atoms with Gasteiger partial charge >= 0.3 is 43.3 Å². The van der Waals surface area contributed by atoms with Crippen molar-refractivity contribution < 1.29 is 33.9 Å². The Morgan fingerprint density at radius 2 is 1.94 bits per heavy atom. The zero-order valence-electron chi connectivity index (χ0n) is 8.29. The van der Waals surface area contributed by atoms with E-state index in [1.165, 1.54) is 0 Å². The van der Waals surface area contributed by atoms with Crippen LogP contribution >= 0.6 is 7.82 Å². The molecule has 0 aliphatic carbocycles. The van der Waals surface area contributed by atoms with Crippen LogP contribution in [0.2, 0.25) is 0 Å². The van der Waals surface area contributed by atoms with Crippen molar-refractivity contribution in [2.45, 2.75) is 31.8 Å². The number of aliphatic hydroxyl groups is 2. The predicted molar refractivity (Wildman–Crippen MR) is 56.8 cm³/mol. The number of carbonyl (C=O) groups excluding carboxylic acids is 1. The molecule has 0 saturated carbocycles. The number of rotatable bonds is 6. The molecule has 4 N–H and O–H groups in total. The van der Waals surface area contributed by atoms with E-state index in [2.05, 4.69) is 4.52 Å². The minimum absolute atomic E-state index is 0. The van der Waals surface area contributed by atoms with Gasteiger partial charge in [0.1, 0.15) is 0 Å². The Bertz CT molecular complexity index is 265. The molecule has 0 fully saturated rings. The maximum absolute atomic E-state index is 11.1. The minimum atomic E-state index is -4.98. The molecule has 0 heterocycles. The normalized spacial score (nSPS) is 14.8. The van der Waals surface area contributed by atoms with Crippen LogP contribution in [0.5, 0.6) is 0 Å². The zero-order valence-corrected chi connectivity index (χ0v) is 9.18. The van der Waals surface area contributed by atoms with Gasteiger partial charge in [-0.2, -0.15) is 0 Å². The molecule has 0 aliphatic heterocycles. The molecule has 0 spiro atoms. The van der Waals surface area contributed by atoms with Crippen LogP contribution in [0.15, 0.2) is 0 Å². The summed E-state index contributed by atoms with van der Waals surface area (Å²) in [5.41, 5.74) is -2.24. The molecule has 0 aromatic rings. The Labute approximate surface area is 115 Å². The summed E-state index contributed by atoms with van der Waals surface area (Å²) in [6, 6.07) is 0. The number of aliphatic hydroxyl groups excluding tert-OH is 1. The molecule has 16 heavy (non-hydrogen) atoms. The van der Waals surface area contributed by atoms with Gasteiger partial charge in [-0.1, -0.05) is 19.8 Å². The van der Waals surface area contributed by atoms with Gasteiger partial charge in [0, 0.05) is 0 Å². The van der Waals surface area contributed by atoms with Gasteiger partial charge in [0.25, 0.3) is 0 Å². The van der Waals surface area contributed by atoms with Gasteiger partial charge in [-0.05, 0) is 6.42 Å². The van der Waals surface area contributed by atoms with E-state index in [9.17, 15) is 14.5 Å². The van der Waals surface area contributed by atoms with Crippen molar-refractivity contribution in [2.75, 3.05) is 6.61 Å². The molecule has 9 heteroatoms. The van der Waals surface area contributed by atoms with Crippen LogP contribution in [0.3, 0.4) is 0 Å². The average molecular weight is 266 g/mol. The summed E-state index contributed by atoms with van der Waals surface area (Å²) < 4.78 is 14.0. The van der Waals surface area contributed by atoms with Gasteiger partial charge in [0.05, 0.1) is 6.61 Å². The molecule has 0 aromatic heterocycles. The van der Waals surface area contributed by atoms with E-state index in [0.717, 1.165) is 0 Å². The molecule has 0 saturated heterocycles. The molecular formula is C7H16NaO7P. The van der Waals surface area contributed by atoms with E-state index in [-0.39, 0.29) is 36.0 Å². The Morgan fingerprint density at radius 3 is 2.25 bits per heavy atom. The van der Waals surface area contributed by atoms with Crippen molar-refractivity contribution in [2.24, 2.45) is 0 Å². The van der Waals surface area contributed by atoms with Crippen molar-refractivity contribution in [3.8, 4) is 0 Å². The Balaban J connectivity index is 0. The fourth-order valence-corrected chi connectivity index (χ4v) is 1.29. The van der Waals surface area contributed by atoms with E-state index >= 15 is 0 Å². The van der Waals surface area contributed by atoms with Crippen LogP contribution in [-0.2, 0) is 13.9 Å². The summed E-state index contributed by atoms with van der Waals surface area (Å²) in [7, 11) is -4.98. The molecule has 0 amide bonds. The Kier molecular flexibility index (Phi) is 9.20. The fourth-order valence-electron chi connectivity index (χ4n) is 0.908. The van der Waals surface area contributed by atoms with Gasteiger partial charge in [-0.15, -0.1) is 0 Å². The summed E-state index contributed by atoms with van der Waals surface area (Å²) >= 11 is 0. The first-order chi connectivity index (χ1) is 6.75. The van der Waals surface area contributed by atoms with E-state index < -0.39 is 26.0 Å². The topological polar surface area (TPSA) is 124 Å². The molecule has 1 atom stereocenters. The van der Waals surface area contributed by atoms with E-state index in [1.807, 2.05) is 0 Å². The number of carbonyl (C=O) groups is 1. The SMILES string of the molecule is CCCCC(O)(CO)C(=O)OP(=O)(O)O.[NaH]. The predicted octanol–water partition coefficient (Wildman–Crippen LogP) is -1.11. The molecule has 7 nitrogen and oxygen atoms in total. The number of hydrogen-bond donors (Lipinski definition) is 4. The average Bonchev–Trinajstić information content (AvgIpc) is 2.11. The van der Waals surface area contributed by atoms with Crippen molar-refractivity contribution in [3.63, 3.8) is 0 Å². The summed E-state index contributed by atoms with van der Waals surface area (Å²) in [4.78, 5) is 27.8. The third-order valence-electron chi connectivity index (χ3n) is 1.79. The van der Waals surface area contributed by atoms with Crippen molar-refractivity contribution in [1.29, 1.82) is 0 Å². The summed E-state index contributed by atoms with van der Waals surface area (Å²) in [6.45, 7) is 0.859. The quantitative estimate of drug-likeness (QED) is 0.355. The van der Waals surface area contributed by atoms with Crippen LogP contribution < -0.4 is 0 Å². The van der Waals surface area contributed by atoms with Crippen molar-refractivity contribution >= 4 is 43.3 Å². The second kappa shape index (κ2) is 7.79. The molecule has 92 valence electrons. The van der Waals surface area contributed by atoms with Gasteiger partial charge in [-0.25, -0.2) is 9.36 Å². The molecular weight excluding hydrogens is 250 g/mol. The first-order valence-electron chi connectivity index (χ1n) is 4.38. The number of unbranched alkanes of at least 4 members (excludes halogenated alkanes) is 1. The van der Waals surface area contributed by atoms with E-state index in [4.69, 9.17) is 14.9 Å². The summed E-state index contributed by atoms with van der Waals surface area (Å²) in [5, 5.41) is 18.3. The van der Waals surface area contributed by atoms with Crippen LogP contribution in [0.1, 0.15) is 26.2 Å². The van der Waals surface area contributed by atoms with Crippen LogP contribution in [0.25, 0.3) is 0 Å². The van der Waals surface area contributed by atoms with Gasteiger partial charge in [0.2, 0.25) is 0 Å². The second-order valence-corrected chi connectivity index (χ2v) is 4.33. The van der Waals surface area contributed by atoms with Crippen LogP contribution in [0.4, 0.5) is 0 Å². The third kappa shape index (κ3) is 6.98. The zero-order chi connectivity index (χ0) is 12.1. The molecule has 0 aliphatic rings. The van der Waals surface area contributed by atoms with E-state index in [0.29, 0.717) is 12.8 Å². The maximum atomic E-state index is 11.1. The van der Waals surface area contributed by atoms with Crippen LogP contribution in [-0.4, -0.2) is 67.7 Å². The molecule has 1 unspecified atom stereocenters. The summed E-state index contributed by atoms with van der Waals surface area (Å²) in [6.07, 6.45) is 0.970. The first kappa shape index (κ1) is 18.9. The van der Waals surface area contributed by atoms with Crippen molar-refractivity contribution in [1.82, 2.24) is 0 Å². The fraction of sp³-hybridized carbons (Fsp3) is 0.857.